The summed E-state index contributed by atoms with van der Waals surface area (Å²) in [6, 6.07) is 1.99. The lowest BCUT2D eigenvalue weighted by molar-refractivity contribution is 0.416. The molecule has 0 atom stereocenters. The largest absolute Gasteiger partial charge is 0.312 e. The Labute approximate surface area is 115 Å². The van der Waals surface area contributed by atoms with Crippen LogP contribution in [0.5, 0.6) is 0 Å². The van der Waals surface area contributed by atoms with Crippen LogP contribution in [0, 0.1) is 0 Å². The number of aryl methyl sites for hydroxylation is 1. The summed E-state index contributed by atoms with van der Waals surface area (Å²) >= 11 is 7.83. The van der Waals surface area contributed by atoms with Crippen molar-refractivity contribution in [3.63, 3.8) is 0 Å². The molecular weight excluding hydrogens is 250 g/mol. The van der Waals surface area contributed by atoms with Crippen molar-refractivity contribution in [2.45, 2.75) is 58.4 Å². The lowest BCUT2D eigenvalue weighted by Crippen LogP contribution is -2.36. The number of halogens is 1. The average Bonchev–Trinajstić information content (AvgIpc) is 2.61. The Bertz CT molecular complexity index is 314. The van der Waals surface area contributed by atoms with Crippen LogP contribution in [0.1, 0.15) is 51.3 Å². The van der Waals surface area contributed by atoms with E-state index in [2.05, 4.69) is 31.5 Å². The van der Waals surface area contributed by atoms with Crippen LogP contribution in [0.2, 0.25) is 5.02 Å². The third-order valence-corrected chi connectivity index (χ3v) is 4.12. The first kappa shape index (κ1) is 15.0. The predicted octanol–water partition coefficient (Wildman–Crippen LogP) is 4.89. The molecule has 1 aromatic heterocycles. The summed E-state index contributed by atoms with van der Waals surface area (Å²) in [5.74, 6) is 0. The number of rotatable bonds is 7. The van der Waals surface area contributed by atoms with Crippen LogP contribution >= 0.6 is 22.9 Å². The van der Waals surface area contributed by atoms with Crippen molar-refractivity contribution in [1.82, 2.24) is 5.32 Å². The smallest absolute Gasteiger partial charge is 0.0544 e. The molecule has 17 heavy (non-hydrogen) atoms. The Morgan fingerprint density at radius 1 is 1.18 bits per heavy atom. The van der Waals surface area contributed by atoms with Gasteiger partial charge in [0.2, 0.25) is 0 Å². The highest BCUT2D eigenvalue weighted by Crippen LogP contribution is 2.23. The Kier molecular flexibility index (Phi) is 6.53. The quantitative estimate of drug-likeness (QED) is 0.697. The van der Waals surface area contributed by atoms with Crippen LogP contribution in [-0.4, -0.2) is 12.1 Å². The van der Waals surface area contributed by atoms with E-state index in [9.17, 15) is 0 Å². The van der Waals surface area contributed by atoms with Crippen molar-refractivity contribution in [3.8, 4) is 0 Å². The van der Waals surface area contributed by atoms with Gasteiger partial charge in [0.15, 0.2) is 0 Å². The van der Waals surface area contributed by atoms with Gasteiger partial charge in [0.1, 0.15) is 0 Å². The lowest BCUT2D eigenvalue weighted by atomic mass is 10.1. The zero-order valence-corrected chi connectivity index (χ0v) is 12.8. The van der Waals surface area contributed by atoms with Gasteiger partial charge in [-0.25, -0.2) is 0 Å². The SMILES string of the molecule is CC(C)(C)NCCCCCCc1sccc1Cl. The third kappa shape index (κ3) is 7.07. The van der Waals surface area contributed by atoms with Crippen LogP contribution in [0.4, 0.5) is 0 Å². The molecule has 0 fully saturated rings. The number of thiophene rings is 1. The zero-order valence-electron chi connectivity index (χ0n) is 11.2. The standard InChI is InChI=1S/C14H24ClNS/c1-14(2,3)16-10-7-5-4-6-8-13-12(15)9-11-17-13/h9,11,16H,4-8,10H2,1-3H3. The van der Waals surface area contributed by atoms with Crippen molar-refractivity contribution in [2.24, 2.45) is 0 Å². The summed E-state index contributed by atoms with van der Waals surface area (Å²) in [5.41, 5.74) is 0.254. The Balaban J connectivity index is 1.97. The Morgan fingerprint density at radius 2 is 1.88 bits per heavy atom. The molecule has 0 spiro atoms. The van der Waals surface area contributed by atoms with Crippen molar-refractivity contribution < 1.29 is 0 Å². The summed E-state index contributed by atoms with van der Waals surface area (Å²) in [4.78, 5) is 1.35. The molecular formula is C14H24ClNS. The summed E-state index contributed by atoms with van der Waals surface area (Å²) in [5, 5.41) is 6.54. The molecule has 1 rings (SSSR count). The van der Waals surface area contributed by atoms with Crippen LogP contribution in [0.25, 0.3) is 0 Å². The number of hydrogen-bond donors (Lipinski definition) is 1. The van der Waals surface area contributed by atoms with E-state index in [1.807, 2.05) is 6.07 Å². The second kappa shape index (κ2) is 7.40. The molecule has 1 nitrogen and oxygen atoms in total. The van der Waals surface area contributed by atoms with Crippen LogP contribution < -0.4 is 5.32 Å². The van der Waals surface area contributed by atoms with Crippen LogP contribution in [0.3, 0.4) is 0 Å². The van der Waals surface area contributed by atoms with E-state index in [1.165, 1.54) is 30.6 Å². The van der Waals surface area contributed by atoms with Crippen LogP contribution in [-0.2, 0) is 6.42 Å². The number of nitrogens with one attached hydrogen (secondary N) is 1. The van der Waals surface area contributed by atoms with Gasteiger partial charge in [-0.05, 0) is 58.0 Å². The van der Waals surface area contributed by atoms with Gasteiger partial charge in [0.25, 0.3) is 0 Å². The minimum absolute atomic E-state index is 0.254. The fourth-order valence-electron chi connectivity index (χ4n) is 1.73. The van der Waals surface area contributed by atoms with Crippen molar-refractivity contribution in [2.75, 3.05) is 6.54 Å². The monoisotopic (exact) mass is 273 g/mol. The van der Waals surface area contributed by atoms with Gasteiger partial charge in [-0.1, -0.05) is 24.4 Å². The summed E-state index contributed by atoms with van der Waals surface area (Å²) < 4.78 is 0. The molecule has 1 aromatic rings. The molecule has 0 bridgehead atoms. The minimum atomic E-state index is 0.254. The van der Waals surface area contributed by atoms with Gasteiger partial charge in [0.05, 0.1) is 5.02 Å². The Morgan fingerprint density at radius 3 is 2.47 bits per heavy atom. The predicted molar refractivity (Wildman–Crippen MR) is 79.3 cm³/mol. The maximum absolute atomic E-state index is 6.05. The van der Waals surface area contributed by atoms with Crippen molar-refractivity contribution >= 4 is 22.9 Å². The van der Waals surface area contributed by atoms with Crippen molar-refractivity contribution in [1.29, 1.82) is 0 Å². The maximum atomic E-state index is 6.05. The highest BCUT2D eigenvalue weighted by Gasteiger charge is 2.07. The first-order valence-corrected chi connectivity index (χ1v) is 7.72. The van der Waals surface area contributed by atoms with Gasteiger partial charge in [-0.3, -0.25) is 0 Å². The molecule has 0 aliphatic rings. The van der Waals surface area contributed by atoms with E-state index < -0.39 is 0 Å². The molecule has 0 radical (unpaired) electrons. The van der Waals surface area contributed by atoms with Gasteiger partial charge in [-0.15, -0.1) is 11.3 Å². The number of unbranched alkanes of at least 4 members (excludes halogenated alkanes) is 3. The van der Waals surface area contributed by atoms with Gasteiger partial charge < -0.3 is 5.32 Å². The Hall–Kier alpha value is -0.0500. The molecule has 1 N–H and O–H groups in total. The first-order valence-electron chi connectivity index (χ1n) is 6.46. The maximum Gasteiger partial charge on any atom is 0.0544 e. The molecule has 0 amide bonds. The fraction of sp³-hybridized carbons (Fsp3) is 0.714. The fourth-order valence-corrected chi connectivity index (χ4v) is 2.91. The molecule has 0 saturated carbocycles. The van der Waals surface area contributed by atoms with Gasteiger partial charge >= 0.3 is 0 Å². The second-order valence-electron chi connectivity index (χ2n) is 5.53. The average molecular weight is 274 g/mol. The minimum Gasteiger partial charge on any atom is -0.312 e. The highest BCUT2D eigenvalue weighted by atomic mass is 35.5. The van der Waals surface area contributed by atoms with E-state index in [0.29, 0.717) is 0 Å². The molecule has 0 unspecified atom stereocenters. The van der Waals surface area contributed by atoms with E-state index >= 15 is 0 Å². The normalized spacial score (nSPS) is 12.0. The van der Waals surface area contributed by atoms with Gasteiger partial charge in [-0.2, -0.15) is 0 Å². The summed E-state index contributed by atoms with van der Waals surface area (Å²) in [7, 11) is 0. The van der Waals surface area contributed by atoms with Crippen molar-refractivity contribution in [3.05, 3.63) is 21.3 Å². The topological polar surface area (TPSA) is 12.0 Å². The molecule has 1 heterocycles. The third-order valence-electron chi connectivity index (χ3n) is 2.68. The molecule has 0 saturated heterocycles. The first-order chi connectivity index (χ1) is 7.99. The molecule has 98 valence electrons. The van der Waals surface area contributed by atoms with Gasteiger partial charge in [0, 0.05) is 10.4 Å². The van der Waals surface area contributed by atoms with Crippen LogP contribution in [0.15, 0.2) is 11.4 Å². The van der Waals surface area contributed by atoms with E-state index in [4.69, 9.17) is 11.6 Å². The number of hydrogen-bond acceptors (Lipinski definition) is 2. The summed E-state index contributed by atoms with van der Waals surface area (Å²) in [6.07, 6.45) is 6.29. The van der Waals surface area contributed by atoms with E-state index in [0.717, 1.165) is 18.0 Å². The molecule has 3 heteroatoms. The summed E-state index contributed by atoms with van der Waals surface area (Å²) in [6.45, 7) is 7.77. The molecule has 0 aromatic carbocycles. The zero-order chi connectivity index (χ0) is 12.7. The second-order valence-corrected chi connectivity index (χ2v) is 6.94. The molecule has 0 aliphatic carbocycles. The highest BCUT2D eigenvalue weighted by molar-refractivity contribution is 7.10. The van der Waals surface area contributed by atoms with E-state index in [1.54, 1.807) is 11.3 Å². The van der Waals surface area contributed by atoms with E-state index in [-0.39, 0.29) is 5.54 Å². The lowest BCUT2D eigenvalue weighted by Gasteiger charge is -2.20. The molecule has 0 aliphatic heterocycles.